The molecular formula is C12H18N6O5S. The number of carbonyl (C=O) groups is 2. The number of thiazole rings is 1. The Bertz CT molecular complexity index is 623. The highest BCUT2D eigenvalue weighted by atomic mass is 32.1. The van der Waals surface area contributed by atoms with Gasteiger partial charge in [-0.25, -0.2) is 9.78 Å². The van der Waals surface area contributed by atoms with Gasteiger partial charge in [0.2, 0.25) is 0 Å². The molecule has 1 atom stereocenters. The summed E-state index contributed by atoms with van der Waals surface area (Å²) in [6.45, 7) is 1.74. The zero-order valence-electron chi connectivity index (χ0n) is 12.8. The fourth-order valence-electron chi connectivity index (χ4n) is 2.16. The third-order valence-electron chi connectivity index (χ3n) is 3.48. The molecule has 0 spiro atoms. The molecule has 132 valence electrons. The minimum absolute atomic E-state index is 0.107. The van der Waals surface area contributed by atoms with Crippen LogP contribution in [-0.2, 0) is 4.79 Å². The monoisotopic (exact) mass is 358 g/mol. The molecule has 11 nitrogen and oxygen atoms in total. The second-order valence-corrected chi connectivity index (χ2v) is 6.17. The van der Waals surface area contributed by atoms with Gasteiger partial charge in [-0.2, -0.15) is 0 Å². The molecule has 2 amide bonds. The highest BCUT2D eigenvalue weighted by molar-refractivity contribution is 7.18. The first-order valence-electron chi connectivity index (χ1n) is 7.26. The van der Waals surface area contributed by atoms with Crippen LogP contribution >= 0.6 is 11.3 Å². The molecule has 0 bridgehead atoms. The van der Waals surface area contributed by atoms with Crippen molar-refractivity contribution in [2.75, 3.05) is 31.2 Å². The summed E-state index contributed by atoms with van der Waals surface area (Å²) in [7, 11) is 0. The summed E-state index contributed by atoms with van der Waals surface area (Å²) < 4.78 is 0. The fourth-order valence-corrected chi connectivity index (χ4v) is 2.91. The minimum Gasteiger partial charge on any atom is -0.480 e. The number of nitrogens with one attached hydrogen (secondary N) is 1. The largest absolute Gasteiger partial charge is 0.480 e. The summed E-state index contributed by atoms with van der Waals surface area (Å²) in [6, 6.07) is -1.15. The van der Waals surface area contributed by atoms with E-state index < -0.39 is 16.9 Å². The number of nitrogens with two attached hydrogens (primary N) is 1. The second-order valence-electron chi connectivity index (χ2n) is 5.18. The Morgan fingerprint density at radius 1 is 1.58 bits per heavy atom. The number of anilines is 1. The van der Waals surface area contributed by atoms with E-state index in [4.69, 9.17) is 10.8 Å². The zero-order valence-corrected chi connectivity index (χ0v) is 13.6. The number of nitrogens with zero attached hydrogens (tertiary/aromatic N) is 4. The summed E-state index contributed by atoms with van der Waals surface area (Å²) in [5.74, 6) is -1.03. The number of carbonyl (C=O) groups excluding carboxylic acids is 1. The standard InChI is InChI=1S/C12H18N6O5S/c13-8(10(19)20)2-1-3-14-7-16-4-5-17(12(16)21)11-15-6-9(24-11)18(22)23/h6,8,14H,1-5,7,13H2,(H,19,20). The number of hydrogen-bond acceptors (Lipinski definition) is 8. The quantitative estimate of drug-likeness (QED) is 0.317. The maximum absolute atomic E-state index is 12.3. The van der Waals surface area contributed by atoms with Gasteiger partial charge in [0.1, 0.15) is 12.2 Å². The predicted octanol–water partition coefficient (Wildman–Crippen LogP) is 0.0325. The van der Waals surface area contributed by atoms with Gasteiger partial charge in [0, 0.05) is 13.1 Å². The molecule has 1 saturated heterocycles. The van der Waals surface area contributed by atoms with Crippen LogP contribution in [0.25, 0.3) is 0 Å². The van der Waals surface area contributed by atoms with E-state index >= 15 is 0 Å². The van der Waals surface area contributed by atoms with Crippen LogP contribution in [-0.4, -0.2) is 64.3 Å². The Morgan fingerprint density at radius 3 is 2.96 bits per heavy atom. The first-order valence-corrected chi connectivity index (χ1v) is 8.07. The van der Waals surface area contributed by atoms with Gasteiger partial charge in [-0.05, 0) is 30.7 Å². The van der Waals surface area contributed by atoms with E-state index in [0.29, 0.717) is 44.3 Å². The number of aromatic nitrogens is 1. The van der Waals surface area contributed by atoms with Crippen molar-refractivity contribution in [3.63, 3.8) is 0 Å². The van der Waals surface area contributed by atoms with Crippen LogP contribution < -0.4 is 16.0 Å². The van der Waals surface area contributed by atoms with Crippen molar-refractivity contribution in [1.29, 1.82) is 0 Å². The lowest BCUT2D eigenvalue weighted by atomic mass is 10.2. The molecule has 1 aliphatic rings. The van der Waals surface area contributed by atoms with E-state index in [1.807, 2.05) is 0 Å². The molecule has 12 heteroatoms. The van der Waals surface area contributed by atoms with Crippen LogP contribution in [0.3, 0.4) is 0 Å². The van der Waals surface area contributed by atoms with E-state index in [1.54, 1.807) is 4.90 Å². The number of amides is 2. The summed E-state index contributed by atoms with van der Waals surface area (Å²) in [5.41, 5.74) is 5.40. The molecule has 2 heterocycles. The molecule has 2 rings (SSSR count). The van der Waals surface area contributed by atoms with Crippen molar-refractivity contribution in [3.05, 3.63) is 16.3 Å². The molecule has 0 saturated carbocycles. The molecule has 0 aliphatic carbocycles. The van der Waals surface area contributed by atoms with Crippen LogP contribution in [0.2, 0.25) is 0 Å². The number of carboxylic acids is 1. The van der Waals surface area contributed by atoms with E-state index in [-0.39, 0.29) is 11.0 Å². The molecule has 1 aromatic rings. The van der Waals surface area contributed by atoms with E-state index in [2.05, 4.69) is 10.3 Å². The van der Waals surface area contributed by atoms with Gasteiger partial charge in [0.15, 0.2) is 5.13 Å². The lowest BCUT2D eigenvalue weighted by Gasteiger charge is -2.17. The number of hydrogen-bond donors (Lipinski definition) is 3. The average Bonchev–Trinajstić information content (AvgIpc) is 3.14. The van der Waals surface area contributed by atoms with Crippen molar-refractivity contribution >= 4 is 33.5 Å². The third kappa shape index (κ3) is 4.37. The SMILES string of the molecule is NC(CCCNCN1CCN(c2ncc([N+](=O)[O-])s2)C1=O)C(=O)O. The smallest absolute Gasteiger partial charge is 0.345 e. The fraction of sp³-hybridized carbons (Fsp3) is 0.583. The topological polar surface area (TPSA) is 155 Å². The van der Waals surface area contributed by atoms with E-state index in [9.17, 15) is 19.7 Å². The number of aliphatic carboxylic acids is 1. The lowest BCUT2D eigenvalue weighted by molar-refractivity contribution is -0.380. The summed E-state index contributed by atoms with van der Waals surface area (Å²) in [4.78, 5) is 39.8. The van der Waals surface area contributed by atoms with Crippen molar-refractivity contribution in [1.82, 2.24) is 15.2 Å². The molecule has 4 N–H and O–H groups in total. The van der Waals surface area contributed by atoms with E-state index in [1.165, 1.54) is 4.90 Å². The van der Waals surface area contributed by atoms with Crippen LogP contribution in [0.5, 0.6) is 0 Å². The molecule has 1 fully saturated rings. The Labute approximate surface area is 141 Å². The Kier molecular flexibility index (Phi) is 6.00. The maximum Gasteiger partial charge on any atom is 0.345 e. The van der Waals surface area contributed by atoms with Gasteiger partial charge in [0.05, 0.1) is 11.6 Å². The van der Waals surface area contributed by atoms with Gasteiger partial charge < -0.3 is 15.7 Å². The van der Waals surface area contributed by atoms with Crippen molar-refractivity contribution in [2.24, 2.45) is 5.73 Å². The number of carboxylic acid groups (broad SMARTS) is 1. The highest BCUT2D eigenvalue weighted by Crippen LogP contribution is 2.30. The molecule has 24 heavy (non-hydrogen) atoms. The van der Waals surface area contributed by atoms with Gasteiger partial charge >= 0.3 is 17.0 Å². The first-order chi connectivity index (χ1) is 11.4. The van der Waals surface area contributed by atoms with Gasteiger partial charge in [-0.1, -0.05) is 0 Å². The normalized spacial score (nSPS) is 15.8. The van der Waals surface area contributed by atoms with Gasteiger partial charge in [0.25, 0.3) is 0 Å². The number of rotatable bonds is 9. The first kappa shape index (κ1) is 18.0. The highest BCUT2D eigenvalue weighted by Gasteiger charge is 2.32. The molecule has 0 radical (unpaired) electrons. The molecule has 1 aliphatic heterocycles. The van der Waals surface area contributed by atoms with Crippen molar-refractivity contribution in [3.8, 4) is 0 Å². The Hall–Kier alpha value is -2.31. The van der Waals surface area contributed by atoms with Crippen LogP contribution in [0.4, 0.5) is 14.9 Å². The van der Waals surface area contributed by atoms with E-state index in [0.717, 1.165) is 17.5 Å². The predicted molar refractivity (Wildman–Crippen MR) is 85.9 cm³/mol. The average molecular weight is 358 g/mol. The van der Waals surface area contributed by atoms with Crippen molar-refractivity contribution in [2.45, 2.75) is 18.9 Å². The summed E-state index contributed by atoms with van der Waals surface area (Å²) in [6.07, 6.45) is 2.07. The zero-order chi connectivity index (χ0) is 17.7. The number of nitro groups is 1. The molecule has 1 aromatic heterocycles. The molecule has 1 unspecified atom stereocenters. The number of urea groups is 1. The molecule has 0 aromatic carbocycles. The Morgan fingerprint density at radius 2 is 2.33 bits per heavy atom. The lowest BCUT2D eigenvalue weighted by Crippen LogP contribution is -2.39. The van der Waals surface area contributed by atoms with Crippen LogP contribution in [0.1, 0.15) is 12.8 Å². The second kappa shape index (κ2) is 7.99. The van der Waals surface area contributed by atoms with Crippen LogP contribution in [0.15, 0.2) is 6.20 Å². The summed E-state index contributed by atoms with van der Waals surface area (Å²) >= 11 is 0.860. The molecular weight excluding hydrogens is 340 g/mol. The van der Waals surface area contributed by atoms with Gasteiger partial charge in [-0.15, -0.1) is 0 Å². The Balaban J connectivity index is 1.75. The summed E-state index contributed by atoms with van der Waals surface area (Å²) in [5, 5.41) is 22.6. The maximum atomic E-state index is 12.3. The minimum atomic E-state index is -1.03. The van der Waals surface area contributed by atoms with Gasteiger partial charge in [-0.3, -0.25) is 25.1 Å². The van der Waals surface area contributed by atoms with Crippen LogP contribution in [0, 0.1) is 10.1 Å². The van der Waals surface area contributed by atoms with Crippen molar-refractivity contribution < 1.29 is 19.6 Å². The third-order valence-corrected chi connectivity index (χ3v) is 4.45.